The summed E-state index contributed by atoms with van der Waals surface area (Å²) in [5, 5.41) is 0. The molecule has 0 spiro atoms. The fourth-order valence-corrected chi connectivity index (χ4v) is 3.54. The predicted octanol–water partition coefficient (Wildman–Crippen LogP) is 4.50. The van der Waals surface area contributed by atoms with Gasteiger partial charge in [-0.05, 0) is 50.1 Å². The van der Waals surface area contributed by atoms with Crippen LogP contribution in [0.25, 0.3) is 11.5 Å². The molecular weight excluding hydrogens is 418 g/mol. The first kappa shape index (κ1) is 23.0. The molecule has 31 heavy (non-hydrogen) atoms. The first-order valence-corrected chi connectivity index (χ1v) is 11.9. The minimum absolute atomic E-state index is 0.302. The van der Waals surface area contributed by atoms with Crippen molar-refractivity contribution in [3.05, 3.63) is 71.6 Å². The van der Waals surface area contributed by atoms with Crippen molar-refractivity contribution >= 4 is 10.1 Å². The fraction of sp³-hybridized carbons (Fsp3) is 0.348. The van der Waals surface area contributed by atoms with Gasteiger partial charge in [-0.2, -0.15) is 8.42 Å². The summed E-state index contributed by atoms with van der Waals surface area (Å²) in [7, 11) is -3.57. The highest BCUT2D eigenvalue weighted by atomic mass is 32.2. The molecule has 0 amide bonds. The Bertz CT molecular complexity index is 1060. The molecule has 2 aromatic carbocycles. The van der Waals surface area contributed by atoms with Crippen molar-refractivity contribution in [1.29, 1.82) is 0 Å². The van der Waals surface area contributed by atoms with Gasteiger partial charge in [-0.1, -0.05) is 30.3 Å². The predicted molar refractivity (Wildman–Crippen MR) is 117 cm³/mol. The first-order chi connectivity index (χ1) is 14.8. The Morgan fingerprint density at radius 3 is 2.42 bits per heavy atom. The molecule has 3 rings (SSSR count). The zero-order valence-electron chi connectivity index (χ0n) is 17.9. The van der Waals surface area contributed by atoms with Gasteiger partial charge < -0.3 is 13.9 Å². The molecular formula is C23H27NO6S. The smallest absolute Gasteiger partial charge is 0.266 e. The van der Waals surface area contributed by atoms with Crippen molar-refractivity contribution in [2.75, 3.05) is 12.9 Å². The molecule has 1 aromatic heterocycles. The van der Waals surface area contributed by atoms with E-state index in [2.05, 4.69) is 4.98 Å². The molecule has 1 atom stereocenters. The lowest BCUT2D eigenvalue weighted by Gasteiger charge is -2.16. The molecule has 0 saturated heterocycles. The number of hydrogen-bond acceptors (Lipinski definition) is 7. The minimum atomic E-state index is -3.57. The van der Waals surface area contributed by atoms with Gasteiger partial charge in [0.15, 0.2) is 6.29 Å². The lowest BCUT2D eigenvalue weighted by Crippen LogP contribution is -2.21. The normalized spacial score (nSPS) is 12.6. The van der Waals surface area contributed by atoms with E-state index < -0.39 is 16.4 Å². The maximum Gasteiger partial charge on any atom is 0.266 e. The van der Waals surface area contributed by atoms with E-state index >= 15 is 0 Å². The topological polar surface area (TPSA) is 87.9 Å². The van der Waals surface area contributed by atoms with Crippen LogP contribution < -0.4 is 4.74 Å². The van der Waals surface area contributed by atoms with E-state index in [1.165, 1.54) is 0 Å². The third-order valence-corrected chi connectivity index (χ3v) is 5.08. The Balaban J connectivity index is 1.54. The molecule has 0 radical (unpaired) electrons. The lowest BCUT2D eigenvalue weighted by molar-refractivity contribution is -0.0749. The molecule has 7 nitrogen and oxygen atoms in total. The molecule has 0 N–H and O–H groups in total. The average molecular weight is 446 g/mol. The van der Waals surface area contributed by atoms with Crippen molar-refractivity contribution in [3.63, 3.8) is 0 Å². The molecule has 0 fully saturated rings. The van der Waals surface area contributed by atoms with Gasteiger partial charge in [-0.25, -0.2) is 9.17 Å². The third-order valence-electron chi connectivity index (χ3n) is 4.52. The van der Waals surface area contributed by atoms with Crippen LogP contribution in [0.3, 0.4) is 0 Å². The molecule has 1 unspecified atom stereocenters. The molecule has 1 heterocycles. The van der Waals surface area contributed by atoms with Crippen molar-refractivity contribution in [2.45, 2.75) is 39.6 Å². The van der Waals surface area contributed by atoms with Crippen molar-refractivity contribution in [1.82, 2.24) is 4.98 Å². The second kappa shape index (κ2) is 10.6. The van der Waals surface area contributed by atoms with Crippen LogP contribution in [-0.2, 0) is 32.1 Å². The van der Waals surface area contributed by atoms with Crippen LogP contribution in [-0.4, -0.2) is 32.6 Å². The third kappa shape index (κ3) is 7.20. The highest BCUT2D eigenvalue weighted by Crippen LogP contribution is 2.23. The fourth-order valence-electron chi connectivity index (χ4n) is 2.99. The Morgan fingerprint density at radius 1 is 1.06 bits per heavy atom. The number of hydrogen-bond donors (Lipinski definition) is 0. The van der Waals surface area contributed by atoms with Gasteiger partial charge >= 0.3 is 0 Å². The zero-order chi connectivity index (χ0) is 22.3. The molecule has 8 heteroatoms. The summed E-state index contributed by atoms with van der Waals surface area (Å²) < 4.78 is 44.6. The number of aromatic nitrogens is 1. The van der Waals surface area contributed by atoms with Crippen LogP contribution in [0.1, 0.15) is 30.4 Å². The summed E-state index contributed by atoms with van der Waals surface area (Å²) in [6.45, 7) is 4.34. The number of rotatable bonds is 11. The lowest BCUT2D eigenvalue weighted by atomic mass is 10.1. The van der Waals surface area contributed by atoms with Crippen LogP contribution in [0.5, 0.6) is 5.75 Å². The van der Waals surface area contributed by atoms with Crippen LogP contribution in [0.2, 0.25) is 0 Å². The van der Waals surface area contributed by atoms with E-state index in [0.29, 0.717) is 37.7 Å². The Morgan fingerprint density at radius 2 is 1.77 bits per heavy atom. The first-order valence-electron chi connectivity index (χ1n) is 10.1. The van der Waals surface area contributed by atoms with E-state index in [4.69, 9.17) is 18.1 Å². The van der Waals surface area contributed by atoms with E-state index in [1.54, 1.807) is 6.92 Å². The van der Waals surface area contributed by atoms with Crippen LogP contribution >= 0.6 is 0 Å². The van der Waals surface area contributed by atoms with Crippen LogP contribution in [0.4, 0.5) is 0 Å². The van der Waals surface area contributed by atoms with E-state index in [0.717, 1.165) is 28.8 Å². The standard InChI is InChI=1S/C23H27NO6S/c1-4-27-22(30-31(3,25)26)15-12-18-10-13-20(14-11-18)28-16-21-17(2)29-23(24-21)19-8-6-5-7-9-19/h5-11,13-14,22H,4,12,15-16H2,1-3H3. The monoisotopic (exact) mass is 445 g/mol. The van der Waals surface area contributed by atoms with Gasteiger partial charge in [0.2, 0.25) is 5.89 Å². The highest BCUT2D eigenvalue weighted by molar-refractivity contribution is 7.86. The molecule has 0 saturated carbocycles. The summed E-state index contributed by atoms with van der Waals surface area (Å²) in [5.74, 6) is 2.01. The number of nitrogens with zero attached hydrogens (tertiary/aromatic N) is 1. The van der Waals surface area contributed by atoms with Crippen molar-refractivity contribution in [3.8, 4) is 17.2 Å². The van der Waals surface area contributed by atoms with E-state index in [-0.39, 0.29) is 0 Å². The van der Waals surface area contributed by atoms with E-state index in [9.17, 15) is 8.42 Å². The van der Waals surface area contributed by atoms with Crippen LogP contribution in [0, 0.1) is 6.92 Å². The molecule has 0 bridgehead atoms. The summed E-state index contributed by atoms with van der Waals surface area (Å²) in [5.41, 5.74) is 2.70. The maximum absolute atomic E-state index is 11.3. The van der Waals surface area contributed by atoms with Crippen molar-refractivity contribution in [2.24, 2.45) is 0 Å². The quantitative estimate of drug-likeness (QED) is 0.317. The van der Waals surface area contributed by atoms with Gasteiger partial charge in [0.25, 0.3) is 10.1 Å². The van der Waals surface area contributed by atoms with Gasteiger partial charge in [-0.3, -0.25) is 0 Å². The van der Waals surface area contributed by atoms with Gasteiger partial charge in [0.05, 0.1) is 6.26 Å². The van der Waals surface area contributed by atoms with Gasteiger partial charge in [0, 0.05) is 18.6 Å². The Hall–Kier alpha value is -2.68. The van der Waals surface area contributed by atoms with E-state index in [1.807, 2.05) is 61.5 Å². The molecule has 0 aliphatic rings. The summed E-state index contributed by atoms with van der Waals surface area (Å²) in [6.07, 6.45) is 1.28. The molecule has 0 aliphatic carbocycles. The average Bonchev–Trinajstić information content (AvgIpc) is 3.12. The summed E-state index contributed by atoms with van der Waals surface area (Å²) in [6, 6.07) is 17.3. The molecule has 3 aromatic rings. The van der Waals surface area contributed by atoms with Gasteiger partial charge in [0.1, 0.15) is 23.8 Å². The Labute approximate surface area is 183 Å². The van der Waals surface area contributed by atoms with Gasteiger partial charge in [-0.15, -0.1) is 0 Å². The highest BCUT2D eigenvalue weighted by Gasteiger charge is 2.16. The summed E-state index contributed by atoms with van der Waals surface area (Å²) in [4.78, 5) is 4.54. The number of oxazole rings is 1. The summed E-state index contributed by atoms with van der Waals surface area (Å²) >= 11 is 0. The molecule has 0 aliphatic heterocycles. The second-order valence-electron chi connectivity index (χ2n) is 7.04. The SMILES string of the molecule is CCOC(CCc1ccc(OCc2nc(-c3ccccc3)oc2C)cc1)OS(C)(=O)=O. The van der Waals surface area contributed by atoms with Crippen molar-refractivity contribution < 1.29 is 26.5 Å². The second-order valence-corrected chi connectivity index (χ2v) is 8.65. The maximum atomic E-state index is 11.3. The molecule has 166 valence electrons. The number of benzene rings is 2. The Kier molecular flexibility index (Phi) is 7.84. The number of ether oxygens (including phenoxy) is 2. The number of aryl methyl sites for hydroxylation is 2. The zero-order valence-corrected chi connectivity index (χ0v) is 18.7. The van der Waals surface area contributed by atoms with Crippen LogP contribution in [0.15, 0.2) is 59.0 Å². The largest absolute Gasteiger partial charge is 0.487 e. The minimum Gasteiger partial charge on any atom is -0.487 e.